The van der Waals surface area contributed by atoms with Crippen LogP contribution >= 0.6 is 0 Å². The van der Waals surface area contributed by atoms with Crippen molar-refractivity contribution < 1.29 is 20.9 Å². The maximum atomic E-state index is 4.25. The van der Waals surface area contributed by atoms with Crippen molar-refractivity contribution in [1.82, 2.24) is 0 Å². The van der Waals surface area contributed by atoms with Crippen LogP contribution in [0.4, 0.5) is 0 Å². The van der Waals surface area contributed by atoms with E-state index in [1.165, 1.54) is 51.4 Å². The summed E-state index contributed by atoms with van der Waals surface area (Å²) in [4.78, 5) is 0. The number of nitrogens with zero attached hydrogens (tertiary/aromatic N) is 1. The summed E-state index contributed by atoms with van der Waals surface area (Å²) in [6, 6.07) is 0. The van der Waals surface area contributed by atoms with Gasteiger partial charge in [-0.3, -0.25) is 0 Å². The summed E-state index contributed by atoms with van der Waals surface area (Å²) in [6.45, 7) is 11.2. The van der Waals surface area contributed by atoms with Gasteiger partial charge in [0.05, 0.1) is 0 Å². The quantitative estimate of drug-likeness (QED) is 0.376. The van der Waals surface area contributed by atoms with Crippen LogP contribution in [0.5, 0.6) is 0 Å². The fourth-order valence-electron chi connectivity index (χ4n) is 2.51. The normalized spacial score (nSPS) is 24.5. The fraction of sp³-hybridized carbons (Fsp3) is 0.850. The van der Waals surface area contributed by atoms with Gasteiger partial charge < -0.3 is 20.3 Å². The smallest absolute Gasteiger partial charge is 0.0582 e. The Morgan fingerprint density at radius 1 is 1.00 bits per heavy atom. The summed E-state index contributed by atoms with van der Waals surface area (Å²) in [5.74, 6) is 1.91. The molecule has 0 bridgehead atoms. The predicted molar refractivity (Wildman–Crippen MR) is 97.1 cm³/mol. The Kier molecular flexibility index (Phi) is 17.0. The Bertz CT molecular complexity index is 227. The first-order valence-electron chi connectivity index (χ1n) is 8.90. The molecule has 0 aromatic carbocycles. The van der Waals surface area contributed by atoms with Crippen LogP contribution in [-0.2, 0) is 20.9 Å². The molecule has 1 nitrogen and oxygen atoms in total. The van der Waals surface area contributed by atoms with Gasteiger partial charge in [-0.25, -0.2) is 0 Å². The molecule has 2 aliphatic rings. The van der Waals surface area contributed by atoms with Gasteiger partial charge >= 0.3 is 57.0 Å². The molecule has 2 atom stereocenters. The van der Waals surface area contributed by atoms with Crippen molar-refractivity contribution in [2.24, 2.45) is 15.2 Å². The van der Waals surface area contributed by atoms with E-state index in [-0.39, 0.29) is 13.0 Å². The number of rotatable bonds is 2. The molecule has 0 saturated heterocycles. The molecular weight excluding hydrogens is 435 g/mol. The van der Waals surface area contributed by atoms with Gasteiger partial charge in [0.15, 0.2) is 0 Å². The standard InChI is InChI=1S/C8H15.C6H11.C5H11N.CH3.Ta/c1-7-4-3-5-8(2)6-7;1-2-4-6-5-3-1;1-4-5(2,3)6;;/h3,7-8H,4-6H2,1-2H3;1H,2-6H2;4H2,1-3H3;1H3;/q2*-1;;-1;. The molecule has 22 heavy (non-hydrogen) atoms. The molecule has 2 fully saturated rings. The molecule has 0 spiro atoms. The van der Waals surface area contributed by atoms with E-state index in [0.29, 0.717) is 0 Å². The molecule has 2 unspecified atom stereocenters. The van der Waals surface area contributed by atoms with Gasteiger partial charge in [-0.1, -0.05) is 51.4 Å². The SMILES string of the molecule is CC1C[CH-]CC(C)C1.CCC(C)(C)[N]=[Ta].[CH-]1CCCCC1.[CH3-]. The molecular formula is C20H40NTa-3. The van der Waals surface area contributed by atoms with Gasteiger partial charge in [-0.05, 0) is 0 Å². The molecule has 133 valence electrons. The van der Waals surface area contributed by atoms with Crippen LogP contribution in [0.3, 0.4) is 0 Å². The topological polar surface area (TPSA) is 12.4 Å². The van der Waals surface area contributed by atoms with Crippen LogP contribution in [-0.4, -0.2) is 5.54 Å². The minimum absolute atomic E-state index is 0. The van der Waals surface area contributed by atoms with Gasteiger partial charge in [-0.15, -0.1) is 0 Å². The third-order valence-electron chi connectivity index (χ3n) is 4.40. The monoisotopic (exact) mass is 475 g/mol. The Labute approximate surface area is 154 Å². The molecule has 2 aliphatic carbocycles. The molecule has 0 aromatic heterocycles. The first-order valence-corrected chi connectivity index (χ1v) is 10.3. The predicted octanol–water partition coefficient (Wildman–Crippen LogP) is 7.16. The minimum Gasteiger partial charge on any atom is -0.358 e. The van der Waals surface area contributed by atoms with Gasteiger partial charge in [0.2, 0.25) is 0 Å². The van der Waals surface area contributed by atoms with Crippen molar-refractivity contribution in [3.05, 3.63) is 20.3 Å². The van der Waals surface area contributed by atoms with Crippen molar-refractivity contribution in [2.75, 3.05) is 0 Å². The largest absolute Gasteiger partial charge is 0.358 e. The molecule has 0 N–H and O–H groups in total. The average Bonchev–Trinajstić information content (AvgIpc) is 2.50. The van der Waals surface area contributed by atoms with Gasteiger partial charge in [0, 0.05) is 0 Å². The van der Waals surface area contributed by atoms with Crippen molar-refractivity contribution in [1.29, 1.82) is 0 Å². The Morgan fingerprint density at radius 3 is 1.64 bits per heavy atom. The van der Waals surface area contributed by atoms with Crippen molar-refractivity contribution in [3.63, 3.8) is 0 Å². The van der Waals surface area contributed by atoms with E-state index < -0.39 is 0 Å². The first kappa shape index (κ1) is 24.8. The number of hydrogen-bond donors (Lipinski definition) is 0. The van der Waals surface area contributed by atoms with Gasteiger partial charge in [0.25, 0.3) is 0 Å². The summed E-state index contributed by atoms with van der Waals surface area (Å²) < 4.78 is 4.25. The second kappa shape index (κ2) is 15.1. The molecule has 0 aliphatic heterocycles. The van der Waals surface area contributed by atoms with Crippen LogP contribution in [0.15, 0.2) is 3.34 Å². The van der Waals surface area contributed by atoms with Crippen molar-refractivity contribution in [3.8, 4) is 0 Å². The summed E-state index contributed by atoms with van der Waals surface area (Å²) in [7, 11) is 0. The molecule has 0 radical (unpaired) electrons. The van der Waals surface area contributed by atoms with Crippen LogP contribution in [0.2, 0.25) is 0 Å². The minimum atomic E-state index is 0. The van der Waals surface area contributed by atoms with Crippen molar-refractivity contribution >= 4 is 0 Å². The zero-order chi connectivity index (χ0) is 16.1. The Balaban J connectivity index is 0. The van der Waals surface area contributed by atoms with E-state index in [1.54, 1.807) is 0 Å². The Morgan fingerprint density at radius 2 is 1.50 bits per heavy atom. The summed E-state index contributed by atoms with van der Waals surface area (Å²) in [6.07, 6.45) is 17.2. The van der Waals surface area contributed by atoms with Crippen LogP contribution in [0.25, 0.3) is 0 Å². The number of hydrogen-bond acceptors (Lipinski definition) is 1. The molecule has 2 heteroatoms. The zero-order valence-corrected chi connectivity index (χ0v) is 19.3. The third kappa shape index (κ3) is 15.4. The second-order valence-corrected chi connectivity index (χ2v) is 8.12. The molecule has 2 saturated carbocycles. The van der Waals surface area contributed by atoms with E-state index in [9.17, 15) is 0 Å². The molecule has 2 rings (SSSR count). The molecule has 0 aromatic rings. The first-order chi connectivity index (χ1) is 9.91. The summed E-state index contributed by atoms with van der Waals surface area (Å²) in [5.41, 5.74) is 0.258. The third-order valence-corrected chi connectivity index (χ3v) is 6.34. The fourth-order valence-corrected chi connectivity index (χ4v) is 3.02. The maximum absolute atomic E-state index is 4.25. The molecule has 0 heterocycles. The van der Waals surface area contributed by atoms with E-state index >= 15 is 0 Å². The van der Waals surface area contributed by atoms with E-state index in [1.807, 2.05) is 0 Å². The maximum Gasteiger partial charge on any atom is -0.0582 e. The molecule has 0 amide bonds. The van der Waals surface area contributed by atoms with Crippen LogP contribution in [0.1, 0.15) is 92.4 Å². The van der Waals surface area contributed by atoms with E-state index in [4.69, 9.17) is 0 Å². The zero-order valence-electron chi connectivity index (χ0n) is 16.1. The van der Waals surface area contributed by atoms with Gasteiger partial charge in [0.1, 0.15) is 0 Å². The van der Waals surface area contributed by atoms with Crippen LogP contribution in [0, 0.1) is 32.1 Å². The van der Waals surface area contributed by atoms with Crippen LogP contribution < -0.4 is 0 Å². The van der Waals surface area contributed by atoms with E-state index in [0.717, 1.165) is 39.1 Å². The second-order valence-electron chi connectivity index (χ2n) is 7.40. The van der Waals surface area contributed by atoms with Crippen molar-refractivity contribution in [2.45, 2.75) is 97.9 Å². The summed E-state index contributed by atoms with van der Waals surface area (Å²) in [5, 5.41) is 0. The average molecular weight is 475 g/mol. The van der Waals surface area contributed by atoms with E-state index in [2.05, 4.69) is 50.8 Å². The summed E-state index contributed by atoms with van der Waals surface area (Å²) >= 11 is 1.16. The Hall–Kier alpha value is 0.540. The van der Waals surface area contributed by atoms with Gasteiger partial charge in [-0.2, -0.15) is 25.7 Å².